The smallest absolute Gasteiger partial charge is 0.157 e. The van der Waals surface area contributed by atoms with E-state index in [4.69, 9.17) is 15.0 Å². The molecule has 0 spiro atoms. The van der Waals surface area contributed by atoms with E-state index in [2.05, 4.69) is 37.7 Å². The Hall–Kier alpha value is 0.334. The minimum atomic E-state index is -0.234. The van der Waals surface area contributed by atoms with Gasteiger partial charge in [0.1, 0.15) is 0 Å². The van der Waals surface area contributed by atoms with Crippen LogP contribution in [0.25, 0.3) is 10.4 Å². The Morgan fingerprint density at radius 3 is 2.53 bits per heavy atom. The molecular formula is C11H20N3O2Y-. The van der Waals surface area contributed by atoms with Crippen LogP contribution in [0.5, 0.6) is 0 Å². The summed E-state index contributed by atoms with van der Waals surface area (Å²) in [7, 11) is 0. The summed E-state index contributed by atoms with van der Waals surface area (Å²) < 4.78 is 11.3. The molecule has 0 aromatic carbocycles. The first-order valence-corrected chi connectivity index (χ1v) is 5.69. The molecule has 1 heterocycles. The number of hydrogen-bond acceptors (Lipinski definition) is 3. The van der Waals surface area contributed by atoms with Crippen LogP contribution in [-0.4, -0.2) is 25.5 Å². The Kier molecular flexibility index (Phi) is 8.60. The Balaban J connectivity index is 0.00000256. The zero-order chi connectivity index (χ0) is 12.1. The van der Waals surface area contributed by atoms with Crippen LogP contribution in [0.1, 0.15) is 20.8 Å². The van der Waals surface area contributed by atoms with Crippen LogP contribution in [0, 0.1) is 24.7 Å². The van der Waals surface area contributed by atoms with Crippen molar-refractivity contribution in [2.75, 3.05) is 13.2 Å². The standard InChI is InChI=1S/C11H20N3O2.Y/c1-7-8(2)10(4)16-11(9(7)3)15-6-5-13-14-12;/h7-11H,4-6H2,1-3H3;/q-1;/t7-,8-,9?,10?,11+;/m0./s1. The van der Waals surface area contributed by atoms with Crippen molar-refractivity contribution in [2.24, 2.45) is 22.9 Å². The Morgan fingerprint density at radius 1 is 1.29 bits per heavy atom. The topological polar surface area (TPSA) is 67.2 Å². The first-order valence-electron chi connectivity index (χ1n) is 5.69. The van der Waals surface area contributed by atoms with E-state index in [0.29, 0.717) is 30.9 Å². The van der Waals surface area contributed by atoms with Crippen molar-refractivity contribution in [3.63, 3.8) is 0 Å². The van der Waals surface area contributed by atoms with Gasteiger partial charge in [0.2, 0.25) is 0 Å². The van der Waals surface area contributed by atoms with E-state index in [1.165, 1.54) is 0 Å². The molecule has 0 aromatic rings. The molecule has 0 aliphatic carbocycles. The number of rotatable bonds is 4. The fourth-order valence-corrected chi connectivity index (χ4v) is 1.93. The summed E-state index contributed by atoms with van der Waals surface area (Å²) in [4.78, 5) is 2.67. The van der Waals surface area contributed by atoms with Gasteiger partial charge >= 0.3 is 0 Å². The Bertz CT molecular complexity index is 271. The van der Waals surface area contributed by atoms with Gasteiger partial charge in [-0.25, -0.2) is 0 Å². The predicted octanol–water partition coefficient (Wildman–Crippen LogP) is 2.78. The van der Waals surface area contributed by atoms with E-state index in [0.717, 1.165) is 0 Å². The van der Waals surface area contributed by atoms with Crippen LogP contribution >= 0.6 is 0 Å². The largest absolute Gasteiger partial charge is 0.381 e. The number of ether oxygens (including phenoxy) is 2. The van der Waals surface area contributed by atoms with Crippen molar-refractivity contribution in [1.29, 1.82) is 0 Å². The van der Waals surface area contributed by atoms with Gasteiger partial charge in [-0.2, -0.15) is 0 Å². The molecule has 6 heteroatoms. The normalized spacial score (nSPS) is 36.8. The SMILES string of the molecule is [CH2-]C1O[C@@H](OCCN=[N+]=[N-])C(C)[C@@H](C)[C@@H]1C.[Y]. The van der Waals surface area contributed by atoms with Crippen LogP contribution in [0.15, 0.2) is 5.11 Å². The number of nitrogens with zero attached hydrogens (tertiary/aromatic N) is 3. The molecule has 1 saturated heterocycles. The van der Waals surface area contributed by atoms with Gasteiger partial charge in [-0.3, -0.25) is 0 Å². The third-order valence-corrected chi connectivity index (χ3v) is 3.52. The van der Waals surface area contributed by atoms with E-state index in [-0.39, 0.29) is 45.1 Å². The molecule has 1 fully saturated rings. The zero-order valence-electron chi connectivity index (χ0n) is 10.7. The second-order valence-electron chi connectivity index (χ2n) is 4.45. The maximum atomic E-state index is 8.14. The van der Waals surface area contributed by atoms with E-state index in [1.807, 2.05) is 0 Å². The van der Waals surface area contributed by atoms with Crippen LogP contribution in [0.4, 0.5) is 0 Å². The second kappa shape index (κ2) is 8.44. The fraction of sp³-hybridized carbons (Fsp3) is 0.909. The van der Waals surface area contributed by atoms with Crippen molar-refractivity contribution in [2.45, 2.75) is 33.2 Å². The van der Waals surface area contributed by atoms with Crippen LogP contribution in [0.2, 0.25) is 0 Å². The van der Waals surface area contributed by atoms with E-state index < -0.39 is 0 Å². The summed E-state index contributed by atoms with van der Waals surface area (Å²) in [5.41, 5.74) is 8.14. The summed E-state index contributed by atoms with van der Waals surface area (Å²) in [5.74, 6) is 1.28. The first-order chi connectivity index (χ1) is 7.57. The summed E-state index contributed by atoms with van der Waals surface area (Å²) in [6.07, 6.45) is -0.265. The molecule has 2 unspecified atom stereocenters. The Labute approximate surface area is 128 Å². The molecule has 1 radical (unpaired) electrons. The van der Waals surface area contributed by atoms with E-state index in [9.17, 15) is 0 Å². The van der Waals surface area contributed by atoms with Gasteiger partial charge in [0.05, 0.1) is 6.61 Å². The monoisotopic (exact) mass is 315 g/mol. The van der Waals surface area contributed by atoms with E-state index in [1.54, 1.807) is 0 Å². The van der Waals surface area contributed by atoms with Gasteiger partial charge in [0.25, 0.3) is 0 Å². The molecule has 0 aromatic heterocycles. The summed E-state index contributed by atoms with van der Waals surface area (Å²) in [6, 6.07) is 0. The molecule has 0 N–H and O–H groups in total. The quantitative estimate of drug-likeness (QED) is 0.263. The predicted molar refractivity (Wildman–Crippen MR) is 61.5 cm³/mol. The molecule has 95 valence electrons. The second-order valence-corrected chi connectivity index (χ2v) is 4.45. The molecule has 5 nitrogen and oxygen atoms in total. The van der Waals surface area contributed by atoms with Crippen molar-refractivity contribution >= 4 is 0 Å². The molecule has 0 amide bonds. The number of azide groups is 1. The van der Waals surface area contributed by atoms with Crippen molar-refractivity contribution in [1.82, 2.24) is 0 Å². The summed E-state index contributed by atoms with van der Waals surface area (Å²) in [6.45, 7) is 11.2. The van der Waals surface area contributed by atoms with Gasteiger partial charge in [0, 0.05) is 50.1 Å². The maximum Gasteiger partial charge on any atom is 0.157 e. The summed E-state index contributed by atoms with van der Waals surface area (Å²) >= 11 is 0. The van der Waals surface area contributed by atoms with Crippen molar-refractivity contribution in [3.8, 4) is 0 Å². The minimum absolute atomic E-state index is 0. The van der Waals surface area contributed by atoms with Gasteiger partial charge in [-0.05, 0) is 17.4 Å². The van der Waals surface area contributed by atoms with Gasteiger partial charge < -0.3 is 16.4 Å². The fourth-order valence-electron chi connectivity index (χ4n) is 1.93. The third-order valence-electron chi connectivity index (χ3n) is 3.52. The summed E-state index contributed by atoms with van der Waals surface area (Å²) in [5, 5.41) is 3.42. The third kappa shape index (κ3) is 4.84. The van der Waals surface area contributed by atoms with Crippen LogP contribution in [0.3, 0.4) is 0 Å². The van der Waals surface area contributed by atoms with Crippen LogP contribution < -0.4 is 0 Å². The first kappa shape index (κ1) is 17.3. The average Bonchev–Trinajstić information content (AvgIpc) is 2.28. The molecule has 0 saturated carbocycles. The number of hydrogen-bond donors (Lipinski definition) is 0. The Morgan fingerprint density at radius 2 is 1.94 bits per heavy atom. The average molecular weight is 315 g/mol. The molecular weight excluding hydrogens is 295 g/mol. The molecule has 1 aliphatic rings. The minimum Gasteiger partial charge on any atom is -0.381 e. The van der Waals surface area contributed by atoms with Crippen LogP contribution in [-0.2, 0) is 42.2 Å². The van der Waals surface area contributed by atoms with Gasteiger partial charge in [0.15, 0.2) is 6.29 Å². The van der Waals surface area contributed by atoms with Crippen molar-refractivity contribution < 1.29 is 42.2 Å². The van der Waals surface area contributed by atoms with E-state index >= 15 is 0 Å². The van der Waals surface area contributed by atoms with Crippen molar-refractivity contribution in [3.05, 3.63) is 17.4 Å². The molecule has 0 bridgehead atoms. The van der Waals surface area contributed by atoms with Gasteiger partial charge in [-0.15, -0.1) is 0 Å². The maximum absolute atomic E-state index is 8.14. The molecule has 5 atom stereocenters. The molecule has 1 aliphatic heterocycles. The molecule has 17 heavy (non-hydrogen) atoms. The zero-order valence-corrected chi connectivity index (χ0v) is 13.6. The van der Waals surface area contributed by atoms with Gasteiger partial charge in [-0.1, -0.05) is 32.0 Å². The molecule has 1 rings (SSSR count).